The number of sulfonamides is 1. The largest absolute Gasteiger partial charge is 0.346 e. The third kappa shape index (κ3) is 7.74. The van der Waals surface area contributed by atoms with Crippen molar-refractivity contribution in [1.82, 2.24) is 25.1 Å². The van der Waals surface area contributed by atoms with Gasteiger partial charge in [-0.1, -0.05) is 25.0 Å². The first kappa shape index (κ1) is 30.2. The Hall–Kier alpha value is -3.31. The van der Waals surface area contributed by atoms with Crippen molar-refractivity contribution in [2.75, 3.05) is 6.26 Å². The first-order chi connectivity index (χ1) is 20.0. The predicted octanol–water partition coefficient (Wildman–Crippen LogP) is 5.70. The van der Waals surface area contributed by atoms with E-state index in [9.17, 15) is 13.2 Å². The summed E-state index contributed by atoms with van der Waals surface area (Å²) in [6.07, 6.45) is 10.1. The number of benzene rings is 2. The molecule has 0 saturated heterocycles. The molecular weight excluding hydrogens is 567 g/mol. The fraction of sp³-hybridized carbons (Fsp3) is 0.375. The maximum Gasteiger partial charge on any atom is 0.252 e. The zero-order valence-corrected chi connectivity index (χ0v) is 26.2. The molecule has 1 atom stereocenters. The maximum atomic E-state index is 13.4. The summed E-state index contributed by atoms with van der Waals surface area (Å²) in [6, 6.07) is 16.6. The molecule has 1 unspecified atom stereocenters. The Morgan fingerprint density at radius 2 is 1.81 bits per heavy atom. The van der Waals surface area contributed by atoms with Crippen molar-refractivity contribution in [1.29, 1.82) is 0 Å². The molecule has 8 nitrogen and oxygen atoms in total. The second kappa shape index (κ2) is 12.9. The summed E-state index contributed by atoms with van der Waals surface area (Å²) in [5.41, 5.74) is 6.23. The van der Waals surface area contributed by atoms with E-state index in [0.717, 1.165) is 46.2 Å². The van der Waals surface area contributed by atoms with Crippen LogP contribution in [0.5, 0.6) is 0 Å². The van der Waals surface area contributed by atoms with Crippen molar-refractivity contribution >= 4 is 27.3 Å². The molecule has 1 saturated carbocycles. The lowest BCUT2D eigenvalue weighted by atomic mass is 9.97. The summed E-state index contributed by atoms with van der Waals surface area (Å²) >= 11 is 1.80. The van der Waals surface area contributed by atoms with Crippen LogP contribution in [0.15, 0.2) is 60.9 Å². The van der Waals surface area contributed by atoms with Gasteiger partial charge < -0.3 is 10.6 Å². The Morgan fingerprint density at radius 1 is 1.05 bits per heavy atom. The van der Waals surface area contributed by atoms with E-state index in [1.165, 1.54) is 35.4 Å². The summed E-state index contributed by atoms with van der Waals surface area (Å²) in [7, 11) is -1.43. The molecule has 2 aromatic carbocycles. The van der Waals surface area contributed by atoms with Crippen LogP contribution in [0.4, 0.5) is 0 Å². The number of carbonyl (C=O) groups excluding carboxylic acids is 1. The van der Waals surface area contributed by atoms with Crippen molar-refractivity contribution < 1.29 is 13.2 Å². The fourth-order valence-corrected chi connectivity index (χ4v) is 6.75. The number of aryl methyl sites for hydroxylation is 2. The molecule has 42 heavy (non-hydrogen) atoms. The van der Waals surface area contributed by atoms with Crippen LogP contribution >= 0.6 is 11.3 Å². The Balaban J connectivity index is 1.38. The van der Waals surface area contributed by atoms with Gasteiger partial charge in [-0.25, -0.2) is 13.1 Å². The normalized spacial score (nSPS) is 14.8. The minimum atomic E-state index is -3.34. The number of hydrogen-bond donors (Lipinski definition) is 3. The van der Waals surface area contributed by atoms with Crippen molar-refractivity contribution in [3.8, 4) is 21.6 Å². The second-order valence-electron chi connectivity index (χ2n) is 11.3. The van der Waals surface area contributed by atoms with Crippen LogP contribution in [-0.2, 0) is 30.2 Å². The van der Waals surface area contributed by atoms with Gasteiger partial charge in [0.2, 0.25) is 10.0 Å². The van der Waals surface area contributed by atoms with E-state index in [0.29, 0.717) is 11.6 Å². The standard InChI is InChI=1S/C32H39N5O3S2/c1-21-9-10-23(17-35-42(4,39)40)13-30(21)32(38)36-22(2)24-14-25(27-18-34-37(3)20-27)16-26(15-24)31-12-11-29(41-31)19-33-28-7-5-6-8-28/h9-16,18,20,22,28,33,35H,5-8,17,19H2,1-4H3,(H,36,38). The van der Waals surface area contributed by atoms with Crippen molar-refractivity contribution in [2.24, 2.45) is 7.05 Å². The van der Waals surface area contributed by atoms with Crippen LogP contribution < -0.4 is 15.4 Å². The maximum absolute atomic E-state index is 13.4. The predicted molar refractivity (Wildman–Crippen MR) is 170 cm³/mol. The van der Waals surface area contributed by atoms with Gasteiger partial charge in [-0.05, 0) is 90.9 Å². The molecule has 0 radical (unpaired) electrons. The smallest absolute Gasteiger partial charge is 0.252 e. The highest BCUT2D eigenvalue weighted by Gasteiger charge is 2.18. The fourth-order valence-electron chi connectivity index (χ4n) is 5.38. The molecule has 1 fully saturated rings. The molecule has 1 amide bonds. The zero-order chi connectivity index (χ0) is 29.9. The van der Waals surface area contributed by atoms with Crippen molar-refractivity contribution in [3.05, 3.63) is 88.1 Å². The number of thiophene rings is 1. The summed E-state index contributed by atoms with van der Waals surface area (Å²) < 4.78 is 27.4. The summed E-state index contributed by atoms with van der Waals surface area (Å²) in [5, 5.41) is 11.2. The Bertz CT molecular complexity index is 1670. The number of nitrogens with one attached hydrogen (secondary N) is 3. The van der Waals surface area contributed by atoms with Gasteiger partial charge in [-0.3, -0.25) is 9.48 Å². The molecule has 0 aliphatic heterocycles. The van der Waals surface area contributed by atoms with Crippen molar-refractivity contribution in [2.45, 2.75) is 64.7 Å². The minimum Gasteiger partial charge on any atom is -0.346 e. The SMILES string of the molecule is Cc1ccc(CNS(C)(=O)=O)cc1C(=O)NC(C)c1cc(-c2cnn(C)c2)cc(-c2ccc(CNC3CCCC3)s2)c1. The number of carbonyl (C=O) groups is 1. The molecule has 2 aromatic heterocycles. The number of hydrogen-bond acceptors (Lipinski definition) is 6. The number of amides is 1. The molecule has 10 heteroatoms. The lowest BCUT2D eigenvalue weighted by Crippen LogP contribution is -2.28. The van der Waals surface area contributed by atoms with E-state index in [2.05, 4.69) is 50.8 Å². The van der Waals surface area contributed by atoms with Gasteiger partial charge in [-0.2, -0.15) is 5.10 Å². The third-order valence-corrected chi connectivity index (χ3v) is 9.60. The number of nitrogens with zero attached hydrogens (tertiary/aromatic N) is 2. The summed E-state index contributed by atoms with van der Waals surface area (Å²) in [4.78, 5) is 15.9. The van der Waals surface area contributed by atoms with Crippen LogP contribution in [0.1, 0.15) is 70.6 Å². The minimum absolute atomic E-state index is 0.129. The first-order valence-electron chi connectivity index (χ1n) is 14.4. The molecule has 2 heterocycles. The van der Waals surface area contributed by atoms with E-state index in [4.69, 9.17) is 0 Å². The molecular formula is C32H39N5O3S2. The molecule has 4 aromatic rings. The zero-order valence-electron chi connectivity index (χ0n) is 24.6. The Kier molecular flexibility index (Phi) is 9.27. The van der Waals surface area contributed by atoms with Crippen LogP contribution in [-0.4, -0.2) is 36.4 Å². The van der Waals surface area contributed by atoms with Gasteiger partial charge in [-0.15, -0.1) is 11.3 Å². The monoisotopic (exact) mass is 605 g/mol. The average Bonchev–Trinajstić information content (AvgIpc) is 3.73. The summed E-state index contributed by atoms with van der Waals surface area (Å²) in [5.74, 6) is -0.203. The van der Waals surface area contributed by atoms with Crippen LogP contribution in [0.25, 0.3) is 21.6 Å². The molecule has 1 aliphatic rings. The summed E-state index contributed by atoms with van der Waals surface area (Å²) in [6.45, 7) is 4.88. The lowest BCUT2D eigenvalue weighted by molar-refractivity contribution is 0.0939. The Labute approximate surface area is 252 Å². The van der Waals surface area contributed by atoms with E-state index in [1.54, 1.807) is 22.1 Å². The van der Waals surface area contributed by atoms with Gasteiger partial charge in [0.05, 0.1) is 18.5 Å². The van der Waals surface area contributed by atoms with Crippen LogP contribution in [0.2, 0.25) is 0 Å². The van der Waals surface area contributed by atoms with Crippen molar-refractivity contribution in [3.63, 3.8) is 0 Å². The van der Waals surface area contributed by atoms with Gasteiger partial charge >= 0.3 is 0 Å². The molecule has 3 N–H and O–H groups in total. The number of aromatic nitrogens is 2. The van der Waals surface area contributed by atoms with E-state index >= 15 is 0 Å². The number of rotatable bonds is 11. The van der Waals surface area contributed by atoms with Crippen LogP contribution in [0, 0.1) is 6.92 Å². The first-order valence-corrected chi connectivity index (χ1v) is 17.1. The highest BCUT2D eigenvalue weighted by molar-refractivity contribution is 7.88. The average molecular weight is 606 g/mol. The van der Waals surface area contributed by atoms with Gasteiger partial charge in [0.15, 0.2) is 0 Å². The highest BCUT2D eigenvalue weighted by atomic mass is 32.2. The lowest BCUT2D eigenvalue weighted by Gasteiger charge is -2.18. The van der Waals surface area contributed by atoms with Gasteiger partial charge in [0, 0.05) is 53.3 Å². The molecule has 0 bridgehead atoms. The van der Waals surface area contributed by atoms with E-state index in [1.807, 2.05) is 45.4 Å². The second-order valence-corrected chi connectivity index (χ2v) is 14.3. The third-order valence-electron chi connectivity index (χ3n) is 7.79. The van der Waals surface area contributed by atoms with E-state index in [-0.39, 0.29) is 18.5 Å². The highest BCUT2D eigenvalue weighted by Crippen LogP contribution is 2.34. The van der Waals surface area contributed by atoms with E-state index < -0.39 is 10.0 Å². The van der Waals surface area contributed by atoms with Crippen LogP contribution in [0.3, 0.4) is 0 Å². The molecule has 222 valence electrons. The Morgan fingerprint density at radius 3 is 2.52 bits per heavy atom. The quantitative estimate of drug-likeness (QED) is 0.204. The van der Waals surface area contributed by atoms with Gasteiger partial charge in [0.25, 0.3) is 5.91 Å². The topological polar surface area (TPSA) is 105 Å². The van der Waals surface area contributed by atoms with Gasteiger partial charge in [0.1, 0.15) is 0 Å². The molecule has 1 aliphatic carbocycles. The molecule has 0 spiro atoms. The molecule has 5 rings (SSSR count).